The van der Waals surface area contributed by atoms with Crippen LogP contribution in [0, 0.1) is 5.92 Å². The SMILES string of the molecule is C[C@H](NC(=O)c1coc(COc2cccc3cnccc23)n1)C1CCN(C)CC1. The van der Waals surface area contributed by atoms with E-state index < -0.39 is 0 Å². The Labute approximate surface area is 170 Å². The van der Waals surface area contributed by atoms with Crippen molar-refractivity contribution in [2.45, 2.75) is 32.4 Å². The predicted octanol–water partition coefficient (Wildman–Crippen LogP) is 3.26. The molecule has 1 atom stereocenters. The second-order valence-electron chi connectivity index (χ2n) is 7.67. The Bertz CT molecular complexity index is 974. The lowest BCUT2D eigenvalue weighted by Gasteiger charge is -2.32. The molecule has 0 saturated carbocycles. The van der Waals surface area contributed by atoms with Gasteiger partial charge in [0.05, 0.1) is 0 Å². The zero-order valence-electron chi connectivity index (χ0n) is 16.8. The molecule has 0 bridgehead atoms. The molecule has 29 heavy (non-hydrogen) atoms. The van der Waals surface area contributed by atoms with Crippen molar-refractivity contribution in [1.29, 1.82) is 0 Å². The fraction of sp³-hybridized carbons (Fsp3) is 0.409. The minimum Gasteiger partial charge on any atom is -0.483 e. The molecule has 1 aromatic carbocycles. The lowest BCUT2D eigenvalue weighted by atomic mass is 9.90. The predicted molar refractivity (Wildman–Crippen MR) is 110 cm³/mol. The standard InChI is InChI=1S/C22H26N4O3/c1-15(16-7-10-26(2)11-8-16)24-22(27)19-13-29-21(25-19)14-28-20-5-3-4-17-12-23-9-6-18(17)20/h3-6,9,12-13,15-16H,7-8,10-11,14H2,1-2H3,(H,24,27)/t15-/m0/s1. The summed E-state index contributed by atoms with van der Waals surface area (Å²) in [6.45, 7) is 4.35. The van der Waals surface area contributed by atoms with Crippen LogP contribution in [0.2, 0.25) is 0 Å². The van der Waals surface area contributed by atoms with E-state index >= 15 is 0 Å². The Balaban J connectivity index is 1.35. The number of nitrogens with zero attached hydrogens (tertiary/aromatic N) is 3. The van der Waals surface area contributed by atoms with Gasteiger partial charge in [-0.1, -0.05) is 12.1 Å². The summed E-state index contributed by atoms with van der Waals surface area (Å²) in [5.41, 5.74) is 0.283. The maximum absolute atomic E-state index is 12.5. The zero-order valence-corrected chi connectivity index (χ0v) is 16.8. The number of rotatable bonds is 6. The van der Waals surface area contributed by atoms with Gasteiger partial charge in [0.1, 0.15) is 12.0 Å². The highest BCUT2D eigenvalue weighted by atomic mass is 16.5. The van der Waals surface area contributed by atoms with Gasteiger partial charge < -0.3 is 19.4 Å². The quantitative estimate of drug-likeness (QED) is 0.691. The van der Waals surface area contributed by atoms with Crippen LogP contribution in [0.1, 0.15) is 36.1 Å². The van der Waals surface area contributed by atoms with Gasteiger partial charge in [0.15, 0.2) is 12.3 Å². The van der Waals surface area contributed by atoms with Gasteiger partial charge in [0, 0.05) is 29.2 Å². The Morgan fingerprint density at radius 1 is 1.34 bits per heavy atom. The summed E-state index contributed by atoms with van der Waals surface area (Å²) in [7, 11) is 2.13. The summed E-state index contributed by atoms with van der Waals surface area (Å²) in [6.07, 6.45) is 7.10. The van der Waals surface area contributed by atoms with Gasteiger partial charge in [0.25, 0.3) is 5.91 Å². The van der Waals surface area contributed by atoms with E-state index in [1.165, 1.54) is 6.26 Å². The van der Waals surface area contributed by atoms with E-state index in [0.29, 0.717) is 11.8 Å². The Hall–Kier alpha value is -2.93. The topological polar surface area (TPSA) is 80.5 Å². The molecule has 7 nitrogen and oxygen atoms in total. The van der Waals surface area contributed by atoms with E-state index in [9.17, 15) is 4.79 Å². The monoisotopic (exact) mass is 394 g/mol. The van der Waals surface area contributed by atoms with E-state index in [-0.39, 0.29) is 24.2 Å². The van der Waals surface area contributed by atoms with Crippen LogP contribution < -0.4 is 10.1 Å². The second kappa shape index (κ2) is 8.61. The van der Waals surface area contributed by atoms with E-state index in [0.717, 1.165) is 42.5 Å². The summed E-state index contributed by atoms with van der Waals surface area (Å²) < 4.78 is 11.3. The molecule has 7 heteroatoms. The molecule has 0 aliphatic carbocycles. The average Bonchev–Trinajstić information content (AvgIpc) is 3.22. The molecular weight excluding hydrogens is 368 g/mol. The minimum absolute atomic E-state index is 0.108. The summed E-state index contributed by atoms with van der Waals surface area (Å²) in [4.78, 5) is 23.3. The lowest BCUT2D eigenvalue weighted by molar-refractivity contribution is 0.0904. The summed E-state index contributed by atoms with van der Waals surface area (Å²) in [6, 6.07) is 7.80. The van der Waals surface area contributed by atoms with Gasteiger partial charge in [-0.2, -0.15) is 0 Å². The van der Waals surface area contributed by atoms with Gasteiger partial charge in [0.2, 0.25) is 5.89 Å². The maximum atomic E-state index is 12.5. The van der Waals surface area contributed by atoms with Crippen molar-refractivity contribution >= 4 is 16.7 Å². The molecule has 1 N–H and O–H groups in total. The molecule has 2 aromatic heterocycles. The number of hydrogen-bond donors (Lipinski definition) is 1. The molecule has 0 unspecified atom stereocenters. The molecule has 1 fully saturated rings. The van der Waals surface area contributed by atoms with Gasteiger partial charge in [-0.25, -0.2) is 4.98 Å². The second-order valence-corrected chi connectivity index (χ2v) is 7.67. The van der Waals surface area contributed by atoms with Crippen LogP contribution in [0.3, 0.4) is 0 Å². The lowest BCUT2D eigenvalue weighted by Crippen LogP contribution is -2.43. The molecule has 1 saturated heterocycles. The fourth-order valence-corrected chi connectivity index (χ4v) is 3.77. The number of carbonyl (C=O) groups is 1. The molecular formula is C22H26N4O3. The third-order valence-corrected chi connectivity index (χ3v) is 5.61. The Kier molecular flexibility index (Phi) is 5.76. The number of likely N-dealkylation sites (tertiary alicyclic amines) is 1. The molecule has 3 aromatic rings. The smallest absolute Gasteiger partial charge is 0.273 e. The van der Waals surface area contributed by atoms with Crippen molar-refractivity contribution in [2.24, 2.45) is 5.92 Å². The number of piperidine rings is 1. The van der Waals surface area contributed by atoms with Crippen LogP contribution in [0.15, 0.2) is 47.3 Å². The van der Waals surface area contributed by atoms with Crippen molar-refractivity contribution in [3.8, 4) is 5.75 Å². The normalized spacial score (nSPS) is 16.6. The van der Waals surface area contributed by atoms with Gasteiger partial charge in [-0.15, -0.1) is 0 Å². The van der Waals surface area contributed by atoms with Gasteiger partial charge in [-0.3, -0.25) is 9.78 Å². The van der Waals surface area contributed by atoms with Gasteiger partial charge in [-0.05, 0) is 58.0 Å². The molecule has 1 aliphatic rings. The number of amides is 1. The van der Waals surface area contributed by atoms with Crippen LogP contribution >= 0.6 is 0 Å². The van der Waals surface area contributed by atoms with Crippen LogP contribution in [-0.2, 0) is 6.61 Å². The maximum Gasteiger partial charge on any atom is 0.273 e. The molecule has 1 amide bonds. The Morgan fingerprint density at radius 2 is 2.17 bits per heavy atom. The Morgan fingerprint density at radius 3 is 3.00 bits per heavy atom. The number of fused-ring (bicyclic) bond motifs is 1. The summed E-state index contributed by atoms with van der Waals surface area (Å²) in [5, 5.41) is 5.04. The van der Waals surface area contributed by atoms with Crippen molar-refractivity contribution in [2.75, 3.05) is 20.1 Å². The molecule has 0 radical (unpaired) electrons. The van der Waals surface area contributed by atoms with Crippen molar-refractivity contribution < 1.29 is 13.9 Å². The largest absolute Gasteiger partial charge is 0.483 e. The number of carbonyl (C=O) groups excluding carboxylic acids is 1. The number of nitrogens with one attached hydrogen (secondary N) is 1. The van der Waals surface area contributed by atoms with E-state index in [2.05, 4.69) is 34.2 Å². The zero-order chi connectivity index (χ0) is 20.2. The van der Waals surface area contributed by atoms with Crippen LogP contribution in [-0.4, -0.2) is 47.0 Å². The number of oxazole rings is 1. The van der Waals surface area contributed by atoms with Crippen LogP contribution in [0.25, 0.3) is 10.8 Å². The molecule has 3 heterocycles. The van der Waals surface area contributed by atoms with Crippen LogP contribution in [0.4, 0.5) is 0 Å². The van der Waals surface area contributed by atoms with Crippen molar-refractivity contribution in [1.82, 2.24) is 20.2 Å². The highest BCUT2D eigenvalue weighted by molar-refractivity contribution is 5.92. The highest BCUT2D eigenvalue weighted by Crippen LogP contribution is 2.25. The van der Waals surface area contributed by atoms with Crippen LogP contribution in [0.5, 0.6) is 5.75 Å². The molecule has 4 rings (SSSR count). The first-order valence-electron chi connectivity index (χ1n) is 9.99. The minimum atomic E-state index is -0.206. The van der Waals surface area contributed by atoms with E-state index in [1.54, 1.807) is 12.4 Å². The average molecular weight is 394 g/mol. The van der Waals surface area contributed by atoms with E-state index in [1.807, 2.05) is 24.3 Å². The molecule has 152 valence electrons. The van der Waals surface area contributed by atoms with Crippen molar-refractivity contribution in [3.63, 3.8) is 0 Å². The summed E-state index contributed by atoms with van der Waals surface area (Å²) >= 11 is 0. The molecule has 1 aliphatic heterocycles. The first kappa shape index (κ1) is 19.4. The van der Waals surface area contributed by atoms with Gasteiger partial charge >= 0.3 is 0 Å². The number of benzene rings is 1. The first-order chi connectivity index (χ1) is 14.1. The summed E-state index contributed by atoms with van der Waals surface area (Å²) in [5.74, 6) is 1.38. The first-order valence-corrected chi connectivity index (χ1v) is 9.99. The number of pyridine rings is 1. The number of aromatic nitrogens is 2. The fourth-order valence-electron chi connectivity index (χ4n) is 3.77. The third kappa shape index (κ3) is 4.56. The number of hydrogen-bond acceptors (Lipinski definition) is 6. The highest BCUT2D eigenvalue weighted by Gasteiger charge is 2.24. The van der Waals surface area contributed by atoms with Crippen molar-refractivity contribution in [3.05, 3.63) is 54.5 Å². The molecule has 0 spiro atoms. The van der Waals surface area contributed by atoms with E-state index in [4.69, 9.17) is 9.15 Å². The third-order valence-electron chi connectivity index (χ3n) is 5.61. The number of ether oxygens (including phenoxy) is 1.